The van der Waals surface area contributed by atoms with Gasteiger partial charge < -0.3 is 4.74 Å². The lowest BCUT2D eigenvalue weighted by atomic mass is 9.92. The first-order valence-corrected chi connectivity index (χ1v) is 5.83. The highest BCUT2D eigenvalue weighted by Crippen LogP contribution is 2.43. The van der Waals surface area contributed by atoms with Gasteiger partial charge in [0.2, 0.25) is 0 Å². The lowest BCUT2D eigenvalue weighted by Gasteiger charge is -2.29. The molecule has 15 heavy (non-hydrogen) atoms. The van der Waals surface area contributed by atoms with E-state index in [-0.39, 0.29) is 0 Å². The number of fused-ring (bicyclic) bond motifs is 3. The van der Waals surface area contributed by atoms with E-state index >= 15 is 0 Å². The molecule has 80 valence electrons. The van der Waals surface area contributed by atoms with Crippen LogP contribution in [0.3, 0.4) is 0 Å². The van der Waals surface area contributed by atoms with Gasteiger partial charge in [0.15, 0.2) is 0 Å². The molecule has 0 spiro atoms. The Morgan fingerprint density at radius 3 is 3.13 bits per heavy atom. The summed E-state index contributed by atoms with van der Waals surface area (Å²) in [6.45, 7) is 1.51. The van der Waals surface area contributed by atoms with Crippen LogP contribution in [0.15, 0.2) is 22.7 Å². The Balaban J connectivity index is 2.08. The van der Waals surface area contributed by atoms with Crippen molar-refractivity contribution in [2.75, 3.05) is 20.3 Å². The minimum atomic E-state index is 0.339. The molecule has 0 amide bonds. The van der Waals surface area contributed by atoms with Crippen molar-refractivity contribution in [3.8, 4) is 5.75 Å². The van der Waals surface area contributed by atoms with E-state index < -0.39 is 0 Å². The van der Waals surface area contributed by atoms with Crippen LogP contribution in [-0.2, 0) is 4.84 Å². The lowest BCUT2D eigenvalue weighted by Crippen LogP contribution is -2.28. The first kappa shape index (κ1) is 9.63. The molecule has 2 aliphatic heterocycles. The molecule has 0 N–H and O–H groups in total. The summed E-state index contributed by atoms with van der Waals surface area (Å²) in [5, 5.41) is 1.94. The molecule has 2 unspecified atom stereocenters. The number of hydrogen-bond donors (Lipinski definition) is 0. The van der Waals surface area contributed by atoms with Gasteiger partial charge in [-0.25, -0.2) is 0 Å². The summed E-state index contributed by atoms with van der Waals surface area (Å²) in [4.78, 5) is 5.53. The van der Waals surface area contributed by atoms with Gasteiger partial charge in [-0.1, -0.05) is 15.9 Å². The molecular weight excluding hydrogens is 258 g/mol. The molecule has 3 rings (SSSR count). The van der Waals surface area contributed by atoms with Gasteiger partial charge in [-0.3, -0.25) is 4.84 Å². The van der Waals surface area contributed by atoms with Crippen molar-refractivity contribution in [2.45, 2.75) is 6.04 Å². The average Bonchev–Trinajstić information content (AvgIpc) is 2.60. The number of nitrogens with zero attached hydrogens (tertiary/aromatic N) is 1. The normalized spacial score (nSPS) is 29.5. The quantitative estimate of drug-likeness (QED) is 0.722. The van der Waals surface area contributed by atoms with E-state index in [1.54, 1.807) is 0 Å². The van der Waals surface area contributed by atoms with Crippen LogP contribution in [0.4, 0.5) is 0 Å². The fraction of sp³-hybridized carbons (Fsp3) is 0.455. The minimum Gasteiger partial charge on any atom is -0.493 e. The highest BCUT2D eigenvalue weighted by Gasteiger charge is 2.39. The van der Waals surface area contributed by atoms with Gasteiger partial charge in [0, 0.05) is 23.0 Å². The molecule has 0 aliphatic carbocycles. The summed E-state index contributed by atoms with van der Waals surface area (Å²) in [6.07, 6.45) is 0. The average molecular weight is 270 g/mol. The lowest BCUT2D eigenvalue weighted by molar-refractivity contribution is -0.111. The second kappa shape index (κ2) is 3.47. The highest BCUT2D eigenvalue weighted by molar-refractivity contribution is 9.10. The molecule has 4 heteroatoms. The van der Waals surface area contributed by atoms with E-state index in [9.17, 15) is 0 Å². The first-order valence-electron chi connectivity index (χ1n) is 5.03. The molecule has 0 aromatic heterocycles. The Morgan fingerprint density at radius 1 is 1.40 bits per heavy atom. The molecule has 0 saturated carbocycles. The zero-order valence-corrected chi connectivity index (χ0v) is 10.0. The van der Waals surface area contributed by atoms with Crippen molar-refractivity contribution in [2.24, 2.45) is 5.92 Å². The Hall–Kier alpha value is -0.580. The SMILES string of the molecule is CN1OCC2COc3ccc(Br)cc3C21. The summed E-state index contributed by atoms with van der Waals surface area (Å²) >= 11 is 3.49. The molecule has 0 radical (unpaired) electrons. The number of hydroxylamine groups is 2. The van der Waals surface area contributed by atoms with Crippen molar-refractivity contribution in [1.29, 1.82) is 0 Å². The standard InChI is InChI=1S/C11H12BrNO2/c1-13-11-7(6-15-13)5-14-10-3-2-8(12)4-9(10)11/h2-4,7,11H,5-6H2,1H3. The predicted molar refractivity (Wildman–Crippen MR) is 59.6 cm³/mol. The molecule has 1 aromatic rings. The first-order chi connectivity index (χ1) is 7.25. The van der Waals surface area contributed by atoms with E-state index in [0.29, 0.717) is 12.0 Å². The van der Waals surface area contributed by atoms with Crippen LogP contribution >= 0.6 is 15.9 Å². The third-order valence-corrected chi connectivity index (χ3v) is 3.57. The number of hydrogen-bond acceptors (Lipinski definition) is 3. The Labute approximate surface area is 97.1 Å². The molecule has 2 atom stereocenters. The smallest absolute Gasteiger partial charge is 0.124 e. The zero-order valence-electron chi connectivity index (χ0n) is 8.44. The van der Waals surface area contributed by atoms with Gasteiger partial charge in [0.05, 0.1) is 19.3 Å². The van der Waals surface area contributed by atoms with Crippen LogP contribution in [0.5, 0.6) is 5.75 Å². The van der Waals surface area contributed by atoms with Crippen LogP contribution < -0.4 is 4.74 Å². The second-order valence-electron chi connectivity index (χ2n) is 4.04. The summed E-state index contributed by atoms with van der Waals surface area (Å²) in [5.41, 5.74) is 1.22. The summed E-state index contributed by atoms with van der Waals surface area (Å²) in [5.74, 6) is 1.44. The van der Waals surface area contributed by atoms with Gasteiger partial charge in [-0.2, -0.15) is 5.06 Å². The maximum absolute atomic E-state index is 5.71. The van der Waals surface area contributed by atoms with Gasteiger partial charge in [-0.05, 0) is 18.2 Å². The molecule has 1 aromatic carbocycles. The summed E-state index contributed by atoms with van der Waals surface area (Å²) in [6, 6.07) is 6.49. The van der Waals surface area contributed by atoms with Gasteiger partial charge in [-0.15, -0.1) is 0 Å². The maximum Gasteiger partial charge on any atom is 0.124 e. The summed E-state index contributed by atoms with van der Waals surface area (Å²) < 4.78 is 6.80. The van der Waals surface area contributed by atoms with Crippen LogP contribution in [0.2, 0.25) is 0 Å². The number of rotatable bonds is 0. The van der Waals surface area contributed by atoms with Crippen molar-refractivity contribution < 1.29 is 9.57 Å². The predicted octanol–water partition coefficient (Wildman–Crippen LogP) is 2.38. The number of halogens is 1. The van der Waals surface area contributed by atoms with Crippen molar-refractivity contribution >= 4 is 15.9 Å². The summed E-state index contributed by atoms with van der Waals surface area (Å²) in [7, 11) is 1.99. The minimum absolute atomic E-state index is 0.339. The topological polar surface area (TPSA) is 21.7 Å². The Bertz CT molecular complexity index is 396. The van der Waals surface area contributed by atoms with E-state index in [0.717, 1.165) is 23.4 Å². The van der Waals surface area contributed by atoms with Gasteiger partial charge in [0.1, 0.15) is 5.75 Å². The van der Waals surface area contributed by atoms with Crippen LogP contribution in [0, 0.1) is 5.92 Å². The van der Waals surface area contributed by atoms with E-state index in [1.165, 1.54) is 5.56 Å². The Kier molecular flexibility index (Phi) is 2.23. The maximum atomic E-state index is 5.71. The third-order valence-electron chi connectivity index (χ3n) is 3.07. The molecule has 3 nitrogen and oxygen atoms in total. The monoisotopic (exact) mass is 269 g/mol. The second-order valence-corrected chi connectivity index (χ2v) is 4.96. The molecule has 2 aliphatic rings. The van der Waals surface area contributed by atoms with Crippen molar-refractivity contribution in [1.82, 2.24) is 5.06 Å². The number of ether oxygens (including phenoxy) is 1. The van der Waals surface area contributed by atoms with Gasteiger partial charge in [0.25, 0.3) is 0 Å². The van der Waals surface area contributed by atoms with E-state index in [1.807, 2.05) is 24.2 Å². The van der Waals surface area contributed by atoms with Gasteiger partial charge >= 0.3 is 0 Å². The van der Waals surface area contributed by atoms with Crippen LogP contribution in [-0.4, -0.2) is 25.3 Å². The molecular formula is C11H12BrNO2. The van der Waals surface area contributed by atoms with Crippen LogP contribution in [0.25, 0.3) is 0 Å². The third kappa shape index (κ3) is 1.48. The fourth-order valence-corrected chi connectivity index (χ4v) is 2.73. The molecule has 1 saturated heterocycles. The zero-order chi connectivity index (χ0) is 10.4. The van der Waals surface area contributed by atoms with Crippen LogP contribution in [0.1, 0.15) is 11.6 Å². The molecule has 1 fully saturated rings. The largest absolute Gasteiger partial charge is 0.493 e. The number of benzene rings is 1. The fourth-order valence-electron chi connectivity index (χ4n) is 2.35. The van der Waals surface area contributed by atoms with Crippen molar-refractivity contribution in [3.63, 3.8) is 0 Å². The highest BCUT2D eigenvalue weighted by atomic mass is 79.9. The Morgan fingerprint density at radius 2 is 2.27 bits per heavy atom. The van der Waals surface area contributed by atoms with E-state index in [2.05, 4.69) is 22.0 Å². The van der Waals surface area contributed by atoms with Crippen molar-refractivity contribution in [3.05, 3.63) is 28.2 Å². The molecule has 2 heterocycles. The van der Waals surface area contributed by atoms with E-state index in [4.69, 9.17) is 9.57 Å². The molecule has 0 bridgehead atoms.